The van der Waals surface area contributed by atoms with E-state index in [1.807, 2.05) is 6.07 Å². The van der Waals surface area contributed by atoms with Crippen LogP contribution in [0.1, 0.15) is 62.1 Å². The predicted octanol–water partition coefficient (Wildman–Crippen LogP) is 6.85. The number of nitrogens with one attached hydrogen (secondary N) is 1. The first-order chi connectivity index (χ1) is 19.0. The van der Waals surface area contributed by atoms with E-state index >= 15 is 0 Å². The summed E-state index contributed by atoms with van der Waals surface area (Å²) in [5.74, 6) is 1.94. The maximum Gasteiger partial charge on any atom is 0.274 e. The standard InChI is InChI=1S/C32H41N3O4/c1-4-5-6-7-8-11-17-33-32(23-35(36)37)34-22-27-21-31(39-3)30(38-2)20-26(27)19-28(34)18-25-15-12-14-24-13-9-10-16-29(24)25/h9-10,12-16,20-21,23,28,33H,4-8,11,17-19,22H2,1-3H3/b32-23-. The van der Waals surface area contributed by atoms with Gasteiger partial charge < -0.3 is 19.7 Å². The van der Waals surface area contributed by atoms with Crippen molar-refractivity contribution in [3.05, 3.63) is 93.4 Å². The Hall–Kier alpha value is -3.74. The highest BCUT2D eigenvalue weighted by atomic mass is 16.6. The fourth-order valence-electron chi connectivity index (χ4n) is 5.61. The van der Waals surface area contributed by atoms with Gasteiger partial charge in [-0.1, -0.05) is 81.5 Å². The number of unbranched alkanes of at least 4 members (excludes halogenated alkanes) is 5. The summed E-state index contributed by atoms with van der Waals surface area (Å²) in [7, 11) is 3.28. The maximum atomic E-state index is 11.8. The van der Waals surface area contributed by atoms with Gasteiger partial charge in [0.15, 0.2) is 17.3 Å². The molecule has 1 heterocycles. The molecule has 0 saturated carbocycles. The van der Waals surface area contributed by atoms with Gasteiger partial charge in [-0.05, 0) is 58.9 Å². The fraction of sp³-hybridized carbons (Fsp3) is 0.438. The van der Waals surface area contributed by atoms with Crippen LogP contribution in [-0.4, -0.2) is 36.6 Å². The number of nitro groups is 1. The number of nitrogens with zero attached hydrogens (tertiary/aromatic N) is 2. The first kappa shape index (κ1) is 28.3. The minimum Gasteiger partial charge on any atom is -0.493 e. The van der Waals surface area contributed by atoms with E-state index in [4.69, 9.17) is 9.47 Å². The SMILES string of the molecule is CCCCCCCCN/C(=C/[N+](=O)[O-])N1Cc2cc(OC)c(OC)cc2CC1Cc1cccc2ccccc12. The number of hydrogen-bond acceptors (Lipinski definition) is 6. The molecule has 0 aliphatic carbocycles. The van der Waals surface area contributed by atoms with Crippen LogP contribution in [-0.2, 0) is 19.4 Å². The van der Waals surface area contributed by atoms with E-state index in [1.54, 1.807) is 14.2 Å². The molecular weight excluding hydrogens is 490 g/mol. The van der Waals surface area contributed by atoms with Crippen LogP contribution in [0.15, 0.2) is 66.6 Å². The van der Waals surface area contributed by atoms with Crippen LogP contribution >= 0.6 is 0 Å². The van der Waals surface area contributed by atoms with Gasteiger partial charge in [-0.2, -0.15) is 0 Å². The number of methoxy groups -OCH3 is 2. The second-order valence-electron chi connectivity index (χ2n) is 10.3. The quantitative estimate of drug-likeness (QED) is 0.139. The molecule has 7 nitrogen and oxygen atoms in total. The Balaban J connectivity index is 1.64. The Morgan fingerprint density at radius 1 is 1.00 bits per heavy atom. The van der Waals surface area contributed by atoms with Gasteiger partial charge in [0.25, 0.3) is 6.20 Å². The van der Waals surface area contributed by atoms with Crippen LogP contribution < -0.4 is 14.8 Å². The van der Waals surface area contributed by atoms with Crippen molar-refractivity contribution in [2.75, 3.05) is 20.8 Å². The summed E-state index contributed by atoms with van der Waals surface area (Å²) in [6, 6.07) is 18.9. The largest absolute Gasteiger partial charge is 0.493 e. The minimum atomic E-state index is -0.345. The summed E-state index contributed by atoms with van der Waals surface area (Å²) in [4.78, 5) is 13.6. The van der Waals surface area contributed by atoms with Gasteiger partial charge >= 0.3 is 0 Å². The molecule has 1 aliphatic heterocycles. The van der Waals surface area contributed by atoms with Crippen molar-refractivity contribution in [2.45, 2.75) is 70.9 Å². The number of hydrogen-bond donors (Lipinski definition) is 1. The summed E-state index contributed by atoms with van der Waals surface area (Å²) in [5.41, 5.74) is 3.52. The second-order valence-corrected chi connectivity index (χ2v) is 10.3. The lowest BCUT2D eigenvalue weighted by Gasteiger charge is -2.39. The average Bonchev–Trinajstić information content (AvgIpc) is 2.95. The molecule has 0 radical (unpaired) electrons. The van der Waals surface area contributed by atoms with E-state index in [1.165, 1.54) is 47.6 Å². The molecule has 0 saturated heterocycles. The molecular formula is C32H41N3O4. The molecule has 7 heteroatoms. The molecule has 0 aromatic heterocycles. The molecule has 4 rings (SSSR count). The van der Waals surface area contributed by atoms with Gasteiger partial charge in [0.05, 0.1) is 19.1 Å². The van der Waals surface area contributed by atoms with Crippen molar-refractivity contribution >= 4 is 10.8 Å². The molecule has 1 N–H and O–H groups in total. The molecule has 1 aliphatic rings. The van der Waals surface area contributed by atoms with Crippen molar-refractivity contribution < 1.29 is 14.4 Å². The Kier molecular flexibility index (Phi) is 10.1. The van der Waals surface area contributed by atoms with E-state index in [0.29, 0.717) is 30.4 Å². The lowest BCUT2D eigenvalue weighted by molar-refractivity contribution is -0.405. The van der Waals surface area contributed by atoms with Crippen LogP contribution in [0.3, 0.4) is 0 Å². The number of rotatable bonds is 14. The molecule has 0 spiro atoms. The topological polar surface area (TPSA) is 76.9 Å². The van der Waals surface area contributed by atoms with Crippen molar-refractivity contribution in [3.8, 4) is 11.5 Å². The first-order valence-corrected chi connectivity index (χ1v) is 14.1. The number of benzene rings is 3. The van der Waals surface area contributed by atoms with Crippen LogP contribution in [0, 0.1) is 10.1 Å². The van der Waals surface area contributed by atoms with E-state index in [-0.39, 0.29) is 11.0 Å². The molecule has 1 atom stereocenters. The molecule has 39 heavy (non-hydrogen) atoms. The van der Waals surface area contributed by atoms with Crippen LogP contribution in [0.4, 0.5) is 0 Å². The van der Waals surface area contributed by atoms with Gasteiger partial charge in [-0.25, -0.2) is 0 Å². The normalized spacial score (nSPS) is 15.2. The predicted molar refractivity (Wildman–Crippen MR) is 157 cm³/mol. The molecule has 1 unspecified atom stereocenters. The van der Waals surface area contributed by atoms with Crippen LogP contribution in [0.2, 0.25) is 0 Å². The molecule has 0 amide bonds. The Labute approximate surface area is 232 Å². The number of ether oxygens (including phenoxy) is 2. The zero-order chi connectivity index (χ0) is 27.6. The third kappa shape index (κ3) is 7.22. The lowest BCUT2D eigenvalue weighted by atomic mass is 9.88. The number of fused-ring (bicyclic) bond motifs is 2. The molecule has 3 aromatic rings. The highest BCUT2D eigenvalue weighted by Crippen LogP contribution is 2.37. The van der Waals surface area contributed by atoms with E-state index < -0.39 is 0 Å². The third-order valence-corrected chi connectivity index (χ3v) is 7.65. The zero-order valence-electron chi connectivity index (χ0n) is 23.4. The van der Waals surface area contributed by atoms with Gasteiger partial charge in [0.1, 0.15) is 0 Å². The fourth-order valence-corrected chi connectivity index (χ4v) is 5.61. The van der Waals surface area contributed by atoms with Gasteiger partial charge in [-0.15, -0.1) is 0 Å². The lowest BCUT2D eigenvalue weighted by Crippen LogP contribution is -2.45. The molecule has 0 fully saturated rings. The van der Waals surface area contributed by atoms with Crippen molar-refractivity contribution in [3.63, 3.8) is 0 Å². The maximum absolute atomic E-state index is 11.8. The average molecular weight is 532 g/mol. The van der Waals surface area contributed by atoms with Crippen molar-refractivity contribution in [1.29, 1.82) is 0 Å². The molecule has 0 bridgehead atoms. The van der Waals surface area contributed by atoms with E-state index in [2.05, 4.69) is 65.7 Å². The highest BCUT2D eigenvalue weighted by Gasteiger charge is 2.31. The highest BCUT2D eigenvalue weighted by molar-refractivity contribution is 5.85. The third-order valence-electron chi connectivity index (χ3n) is 7.65. The van der Waals surface area contributed by atoms with Gasteiger partial charge in [0, 0.05) is 19.1 Å². The summed E-state index contributed by atoms with van der Waals surface area (Å²) in [5, 5.41) is 17.6. The Morgan fingerprint density at radius 2 is 1.69 bits per heavy atom. The summed E-state index contributed by atoms with van der Waals surface area (Å²) in [6.45, 7) is 3.48. The smallest absolute Gasteiger partial charge is 0.274 e. The van der Waals surface area contributed by atoms with Gasteiger partial charge in [0.2, 0.25) is 0 Å². The van der Waals surface area contributed by atoms with Gasteiger partial charge in [-0.3, -0.25) is 10.1 Å². The summed E-state index contributed by atoms with van der Waals surface area (Å²) < 4.78 is 11.2. The van der Waals surface area contributed by atoms with Crippen molar-refractivity contribution in [1.82, 2.24) is 10.2 Å². The van der Waals surface area contributed by atoms with E-state index in [9.17, 15) is 10.1 Å². The monoisotopic (exact) mass is 531 g/mol. The molecule has 208 valence electrons. The second kappa shape index (κ2) is 13.9. The Bertz CT molecular complexity index is 1280. The zero-order valence-corrected chi connectivity index (χ0v) is 23.4. The Morgan fingerprint density at radius 3 is 2.44 bits per heavy atom. The minimum absolute atomic E-state index is 0.0321. The van der Waals surface area contributed by atoms with E-state index in [0.717, 1.165) is 37.4 Å². The first-order valence-electron chi connectivity index (χ1n) is 14.1. The summed E-state index contributed by atoms with van der Waals surface area (Å²) in [6.07, 6.45) is 9.69. The molecule has 3 aromatic carbocycles. The van der Waals surface area contributed by atoms with Crippen LogP contribution in [0.5, 0.6) is 11.5 Å². The van der Waals surface area contributed by atoms with Crippen molar-refractivity contribution in [2.24, 2.45) is 0 Å². The summed E-state index contributed by atoms with van der Waals surface area (Å²) >= 11 is 0. The van der Waals surface area contributed by atoms with Crippen LogP contribution in [0.25, 0.3) is 10.8 Å².